The summed E-state index contributed by atoms with van der Waals surface area (Å²) < 4.78 is 0. The highest BCUT2D eigenvalue weighted by Gasteiger charge is 2.23. The van der Waals surface area contributed by atoms with Gasteiger partial charge in [-0.2, -0.15) is 0 Å². The van der Waals surface area contributed by atoms with E-state index < -0.39 is 5.25 Å². The molecule has 1 atom stereocenters. The molecule has 0 heterocycles. The molecule has 0 bridgehead atoms. The minimum absolute atomic E-state index is 0.0238. The second kappa shape index (κ2) is 11.1. The molecule has 0 aliphatic heterocycles. The highest BCUT2D eigenvalue weighted by molar-refractivity contribution is 8.00. The van der Waals surface area contributed by atoms with E-state index in [0.717, 1.165) is 16.1 Å². The maximum Gasteiger partial charge on any atom is 0.242 e. The molecule has 2 amide bonds. The van der Waals surface area contributed by atoms with Gasteiger partial charge in [0, 0.05) is 22.0 Å². The number of hydrogen-bond acceptors (Lipinski definition) is 3. The van der Waals surface area contributed by atoms with Crippen LogP contribution >= 0.6 is 35.0 Å². The van der Waals surface area contributed by atoms with Crippen LogP contribution in [-0.4, -0.2) is 11.8 Å². The summed E-state index contributed by atoms with van der Waals surface area (Å²) in [7, 11) is 0. The Balaban J connectivity index is 1.75. The highest BCUT2D eigenvalue weighted by atomic mass is 35.5. The second-order valence-corrected chi connectivity index (χ2v) is 10.9. The molecule has 172 valence electrons. The number of carbonyl (C=O) groups excluding carboxylic acids is 2. The molecule has 2 N–H and O–H groups in total. The fraction of sp³-hybridized carbons (Fsp3) is 0.231. The van der Waals surface area contributed by atoms with Gasteiger partial charge in [0.2, 0.25) is 11.8 Å². The minimum Gasteiger partial charge on any atom is -0.326 e. The fourth-order valence-electron chi connectivity index (χ4n) is 3.13. The zero-order valence-electron chi connectivity index (χ0n) is 18.7. The number of halogens is 2. The molecule has 0 aliphatic carbocycles. The van der Waals surface area contributed by atoms with Gasteiger partial charge in [-0.25, -0.2) is 0 Å². The average molecular weight is 501 g/mol. The van der Waals surface area contributed by atoms with E-state index in [4.69, 9.17) is 23.2 Å². The standard InChI is InChI=1S/C26H26Cl2N2O2S/c1-26(2,3)16-23(31)29-19-10-12-20(13-11-19)33-24(17-7-5-4-6-8-17)25(32)30-22-14-9-18(27)15-21(22)28/h4-15,24H,16H2,1-3H3,(H,29,31)(H,30,32). The predicted molar refractivity (Wildman–Crippen MR) is 139 cm³/mol. The lowest BCUT2D eigenvalue weighted by Crippen LogP contribution is -2.19. The van der Waals surface area contributed by atoms with Crippen molar-refractivity contribution in [3.05, 3.63) is 88.4 Å². The van der Waals surface area contributed by atoms with E-state index in [2.05, 4.69) is 10.6 Å². The molecular formula is C26H26Cl2N2O2S. The highest BCUT2D eigenvalue weighted by Crippen LogP contribution is 2.37. The average Bonchev–Trinajstić information content (AvgIpc) is 2.74. The quantitative estimate of drug-likeness (QED) is 0.324. The van der Waals surface area contributed by atoms with Gasteiger partial charge in [-0.3, -0.25) is 9.59 Å². The number of benzene rings is 3. The van der Waals surface area contributed by atoms with Crippen LogP contribution in [0.25, 0.3) is 0 Å². The Bertz CT molecular complexity index is 1110. The first kappa shape index (κ1) is 25.2. The normalized spacial score (nSPS) is 12.2. The van der Waals surface area contributed by atoms with E-state index in [9.17, 15) is 9.59 Å². The van der Waals surface area contributed by atoms with Gasteiger partial charge < -0.3 is 10.6 Å². The summed E-state index contributed by atoms with van der Waals surface area (Å²) >= 11 is 13.6. The Morgan fingerprint density at radius 1 is 0.909 bits per heavy atom. The Morgan fingerprint density at radius 2 is 1.58 bits per heavy atom. The van der Waals surface area contributed by atoms with Crippen LogP contribution in [0.4, 0.5) is 11.4 Å². The van der Waals surface area contributed by atoms with Crippen molar-refractivity contribution < 1.29 is 9.59 Å². The molecule has 0 fully saturated rings. The third-order valence-electron chi connectivity index (χ3n) is 4.61. The van der Waals surface area contributed by atoms with E-state index in [1.807, 2.05) is 75.4 Å². The molecule has 3 rings (SSSR count). The van der Waals surface area contributed by atoms with Crippen LogP contribution in [0.3, 0.4) is 0 Å². The summed E-state index contributed by atoms with van der Waals surface area (Å²) in [5.74, 6) is -0.220. The van der Waals surface area contributed by atoms with Crippen molar-refractivity contribution in [2.75, 3.05) is 10.6 Å². The van der Waals surface area contributed by atoms with Crippen molar-refractivity contribution in [1.29, 1.82) is 0 Å². The van der Waals surface area contributed by atoms with Gasteiger partial charge in [0.15, 0.2) is 0 Å². The maximum absolute atomic E-state index is 13.2. The lowest BCUT2D eigenvalue weighted by Gasteiger charge is -2.19. The molecular weight excluding hydrogens is 475 g/mol. The molecule has 0 radical (unpaired) electrons. The summed E-state index contributed by atoms with van der Waals surface area (Å²) in [6, 6.07) is 22.0. The largest absolute Gasteiger partial charge is 0.326 e. The number of anilines is 2. The van der Waals surface area contributed by atoms with Crippen LogP contribution in [0, 0.1) is 5.41 Å². The van der Waals surface area contributed by atoms with Crippen molar-refractivity contribution in [2.24, 2.45) is 5.41 Å². The number of amides is 2. The Kier molecular flexibility index (Phi) is 8.46. The topological polar surface area (TPSA) is 58.2 Å². The Labute approximate surface area is 209 Å². The van der Waals surface area contributed by atoms with E-state index in [-0.39, 0.29) is 17.2 Å². The van der Waals surface area contributed by atoms with E-state index in [1.54, 1.807) is 18.2 Å². The lowest BCUT2D eigenvalue weighted by atomic mass is 9.92. The smallest absolute Gasteiger partial charge is 0.242 e. The van der Waals surface area contributed by atoms with Crippen LogP contribution in [0.2, 0.25) is 10.0 Å². The minimum atomic E-state index is -0.501. The number of hydrogen-bond donors (Lipinski definition) is 2. The zero-order valence-corrected chi connectivity index (χ0v) is 21.0. The first-order valence-corrected chi connectivity index (χ1v) is 12.1. The van der Waals surface area contributed by atoms with Crippen LogP contribution in [0.15, 0.2) is 77.7 Å². The Hall–Kier alpha value is -2.47. The number of thioether (sulfide) groups is 1. The second-order valence-electron chi connectivity index (χ2n) is 8.83. The van der Waals surface area contributed by atoms with Crippen molar-refractivity contribution >= 4 is 58.2 Å². The zero-order chi connectivity index (χ0) is 24.0. The fourth-order valence-corrected chi connectivity index (χ4v) is 4.61. The first-order valence-electron chi connectivity index (χ1n) is 10.5. The summed E-state index contributed by atoms with van der Waals surface area (Å²) in [5.41, 5.74) is 2.02. The van der Waals surface area contributed by atoms with E-state index >= 15 is 0 Å². The van der Waals surface area contributed by atoms with Crippen molar-refractivity contribution in [1.82, 2.24) is 0 Å². The molecule has 33 heavy (non-hydrogen) atoms. The van der Waals surface area contributed by atoms with Gasteiger partial charge in [-0.1, -0.05) is 74.3 Å². The van der Waals surface area contributed by atoms with E-state index in [1.165, 1.54) is 11.8 Å². The SMILES string of the molecule is CC(C)(C)CC(=O)Nc1ccc(SC(C(=O)Nc2ccc(Cl)cc2Cl)c2ccccc2)cc1. The van der Waals surface area contributed by atoms with Gasteiger partial charge in [0.05, 0.1) is 10.7 Å². The van der Waals surface area contributed by atoms with Gasteiger partial charge >= 0.3 is 0 Å². The van der Waals surface area contributed by atoms with Crippen molar-refractivity contribution in [3.8, 4) is 0 Å². The van der Waals surface area contributed by atoms with Gasteiger partial charge in [-0.15, -0.1) is 11.8 Å². The molecule has 7 heteroatoms. The van der Waals surface area contributed by atoms with Crippen molar-refractivity contribution in [3.63, 3.8) is 0 Å². The monoisotopic (exact) mass is 500 g/mol. The Morgan fingerprint density at radius 3 is 2.18 bits per heavy atom. The molecule has 0 saturated carbocycles. The summed E-state index contributed by atoms with van der Waals surface area (Å²) in [6.45, 7) is 6.08. The number of nitrogens with one attached hydrogen (secondary N) is 2. The number of carbonyl (C=O) groups is 2. The van der Waals surface area contributed by atoms with Crippen LogP contribution in [0.5, 0.6) is 0 Å². The maximum atomic E-state index is 13.2. The summed E-state index contributed by atoms with van der Waals surface area (Å²) in [6.07, 6.45) is 0.438. The third kappa shape index (κ3) is 7.81. The lowest BCUT2D eigenvalue weighted by molar-refractivity contribution is -0.118. The van der Waals surface area contributed by atoms with Gasteiger partial charge in [0.1, 0.15) is 5.25 Å². The molecule has 3 aromatic rings. The summed E-state index contributed by atoms with van der Waals surface area (Å²) in [5, 5.41) is 6.21. The molecule has 1 unspecified atom stereocenters. The molecule has 0 saturated heterocycles. The first-order chi connectivity index (χ1) is 15.6. The van der Waals surface area contributed by atoms with Gasteiger partial charge in [0.25, 0.3) is 0 Å². The predicted octanol–water partition coefficient (Wildman–Crippen LogP) is 7.84. The van der Waals surface area contributed by atoms with Gasteiger partial charge in [-0.05, 0) is 53.4 Å². The summed E-state index contributed by atoms with van der Waals surface area (Å²) in [4.78, 5) is 26.3. The molecule has 3 aromatic carbocycles. The van der Waals surface area contributed by atoms with Crippen LogP contribution < -0.4 is 10.6 Å². The molecule has 0 spiro atoms. The van der Waals surface area contributed by atoms with Crippen molar-refractivity contribution in [2.45, 2.75) is 37.3 Å². The third-order valence-corrected chi connectivity index (χ3v) is 6.43. The molecule has 0 aliphatic rings. The molecule has 0 aromatic heterocycles. The van der Waals surface area contributed by atoms with Crippen LogP contribution in [-0.2, 0) is 9.59 Å². The number of rotatable bonds is 7. The van der Waals surface area contributed by atoms with Crippen LogP contribution in [0.1, 0.15) is 38.0 Å². The van der Waals surface area contributed by atoms with E-state index in [0.29, 0.717) is 22.2 Å². The molecule has 4 nitrogen and oxygen atoms in total.